The topological polar surface area (TPSA) is 170 Å². The lowest BCUT2D eigenvalue weighted by molar-refractivity contribution is -0.123. The number of amides is 1. The first kappa shape index (κ1) is 34.6. The molecule has 0 spiro atoms. The van der Waals surface area contributed by atoms with Crippen LogP contribution in [0, 0.1) is 17.8 Å². The molecule has 2 saturated heterocycles. The molecule has 230 valence electrons. The summed E-state index contributed by atoms with van der Waals surface area (Å²) in [5.74, 6) is 2.99. The fourth-order valence-corrected chi connectivity index (χ4v) is 3.81. The van der Waals surface area contributed by atoms with Crippen LogP contribution in [0.2, 0.25) is 5.28 Å². The van der Waals surface area contributed by atoms with Gasteiger partial charge in [0.1, 0.15) is 24.3 Å². The Morgan fingerprint density at radius 1 is 1.15 bits per heavy atom. The SMILES string of the molecule is C#CCOCCOCCOCCOCCC(=O)NC1CN(c2nc(Cl)nc(NC3OCC(CO)O3)c2C=N)C1.CC. The summed E-state index contributed by atoms with van der Waals surface area (Å²) in [6.07, 6.45) is 5.15. The molecule has 1 aromatic heterocycles. The van der Waals surface area contributed by atoms with E-state index in [1.807, 2.05) is 18.7 Å². The Morgan fingerprint density at radius 2 is 1.78 bits per heavy atom. The first-order valence-corrected chi connectivity index (χ1v) is 13.9. The minimum atomic E-state index is -0.832. The standard InChI is InChI=1S/C24H35ClN6O8.C2H6/c1-2-4-34-6-8-36-10-11-37-9-7-35-5-3-20(33)27-17-13-31(14-17)22-19(12-26)21(28-23(25)30-22)29-24-38-16-18(15-32)39-24;1-2/h1,12,17-18,24,26,32H,3-11,13-16H2,(H,27,33)(H,28,29,30);1-2H3. The van der Waals surface area contributed by atoms with Gasteiger partial charge in [0, 0.05) is 25.7 Å². The molecule has 2 atom stereocenters. The zero-order valence-electron chi connectivity index (χ0n) is 23.6. The Balaban J connectivity index is 0.00000287. The van der Waals surface area contributed by atoms with E-state index in [4.69, 9.17) is 51.9 Å². The van der Waals surface area contributed by atoms with E-state index >= 15 is 0 Å². The fourth-order valence-electron chi connectivity index (χ4n) is 3.64. The van der Waals surface area contributed by atoms with Gasteiger partial charge >= 0.3 is 0 Å². The minimum absolute atomic E-state index is 0.0124. The Morgan fingerprint density at radius 3 is 2.37 bits per heavy atom. The van der Waals surface area contributed by atoms with Crippen LogP contribution in [0.3, 0.4) is 0 Å². The highest BCUT2D eigenvalue weighted by Crippen LogP contribution is 2.29. The summed E-state index contributed by atoms with van der Waals surface area (Å²) in [5, 5.41) is 22.9. The second-order valence-corrected chi connectivity index (χ2v) is 8.82. The van der Waals surface area contributed by atoms with Gasteiger partial charge in [-0.05, 0) is 11.6 Å². The van der Waals surface area contributed by atoms with Crippen molar-refractivity contribution in [2.45, 2.75) is 38.8 Å². The van der Waals surface area contributed by atoms with Crippen molar-refractivity contribution in [1.29, 1.82) is 5.41 Å². The molecule has 1 aromatic rings. The number of ether oxygens (including phenoxy) is 6. The number of rotatable bonds is 19. The van der Waals surface area contributed by atoms with Crippen LogP contribution < -0.4 is 15.5 Å². The van der Waals surface area contributed by atoms with E-state index in [9.17, 15) is 9.90 Å². The van der Waals surface area contributed by atoms with Crippen LogP contribution in [-0.4, -0.2) is 125 Å². The molecule has 41 heavy (non-hydrogen) atoms. The van der Waals surface area contributed by atoms with Gasteiger partial charge in [-0.3, -0.25) is 4.79 Å². The molecule has 2 unspecified atom stereocenters. The van der Waals surface area contributed by atoms with Crippen LogP contribution in [-0.2, 0) is 33.2 Å². The third-order valence-corrected chi connectivity index (χ3v) is 5.74. The molecule has 0 aromatic carbocycles. The number of hydrogen-bond donors (Lipinski definition) is 4. The van der Waals surface area contributed by atoms with E-state index in [-0.39, 0.29) is 55.9 Å². The number of nitrogens with one attached hydrogen (secondary N) is 3. The lowest BCUT2D eigenvalue weighted by Gasteiger charge is -2.41. The molecule has 15 heteroatoms. The van der Waals surface area contributed by atoms with Crippen LogP contribution in [0.25, 0.3) is 0 Å². The highest BCUT2D eigenvalue weighted by Gasteiger charge is 2.33. The zero-order valence-corrected chi connectivity index (χ0v) is 24.4. The number of terminal acetylenes is 1. The average molecular weight is 601 g/mol. The number of aromatic nitrogens is 2. The summed E-state index contributed by atoms with van der Waals surface area (Å²) in [7, 11) is 0. The van der Waals surface area contributed by atoms with Crippen molar-refractivity contribution in [3.63, 3.8) is 0 Å². The molecule has 14 nitrogen and oxygen atoms in total. The van der Waals surface area contributed by atoms with Gasteiger partial charge in [-0.15, -0.1) is 6.42 Å². The van der Waals surface area contributed by atoms with E-state index in [0.29, 0.717) is 64.1 Å². The fraction of sp³-hybridized carbons (Fsp3) is 0.692. The minimum Gasteiger partial charge on any atom is -0.394 e. The molecule has 2 aliphatic rings. The van der Waals surface area contributed by atoms with Gasteiger partial charge in [-0.1, -0.05) is 19.8 Å². The summed E-state index contributed by atoms with van der Waals surface area (Å²) >= 11 is 6.12. The van der Waals surface area contributed by atoms with Crippen LogP contribution in [0.5, 0.6) is 0 Å². The van der Waals surface area contributed by atoms with Gasteiger partial charge < -0.3 is 54.5 Å². The molecule has 0 bridgehead atoms. The predicted molar refractivity (Wildman–Crippen MR) is 152 cm³/mol. The lowest BCUT2D eigenvalue weighted by Crippen LogP contribution is -2.60. The van der Waals surface area contributed by atoms with Gasteiger partial charge in [0.2, 0.25) is 17.6 Å². The third kappa shape index (κ3) is 12.4. The van der Waals surface area contributed by atoms with Crippen LogP contribution in [0.1, 0.15) is 25.8 Å². The zero-order chi connectivity index (χ0) is 29.9. The summed E-state index contributed by atoms with van der Waals surface area (Å²) in [6.45, 7) is 8.20. The monoisotopic (exact) mass is 600 g/mol. The van der Waals surface area contributed by atoms with Crippen LogP contribution in [0.4, 0.5) is 11.6 Å². The maximum atomic E-state index is 12.2. The molecule has 0 aliphatic carbocycles. The van der Waals surface area contributed by atoms with Crippen molar-refractivity contribution < 1.29 is 38.3 Å². The number of nitrogens with zero attached hydrogens (tertiary/aromatic N) is 3. The molecule has 0 radical (unpaired) electrons. The summed E-state index contributed by atoms with van der Waals surface area (Å²) in [4.78, 5) is 22.6. The first-order chi connectivity index (χ1) is 20.0. The van der Waals surface area contributed by atoms with Crippen LogP contribution >= 0.6 is 11.6 Å². The number of aliphatic hydroxyl groups excluding tert-OH is 1. The first-order valence-electron chi connectivity index (χ1n) is 13.5. The van der Waals surface area contributed by atoms with Crippen LogP contribution in [0.15, 0.2) is 0 Å². The Kier molecular flexibility index (Phi) is 17.1. The normalized spacial score (nSPS) is 18.2. The predicted octanol–water partition coefficient (Wildman–Crippen LogP) is 0.652. The van der Waals surface area contributed by atoms with E-state index < -0.39 is 12.5 Å². The molecule has 4 N–H and O–H groups in total. The number of halogens is 1. The van der Waals surface area contributed by atoms with E-state index in [1.165, 1.54) is 0 Å². The molecule has 1 amide bonds. The van der Waals surface area contributed by atoms with Crippen molar-refractivity contribution in [3.05, 3.63) is 10.8 Å². The summed E-state index contributed by atoms with van der Waals surface area (Å²) in [6, 6.07) is -0.0756. The molecule has 3 heterocycles. The number of anilines is 2. The van der Waals surface area contributed by atoms with Crippen molar-refractivity contribution in [1.82, 2.24) is 15.3 Å². The number of carbonyl (C=O) groups excluding carboxylic acids is 1. The molecule has 2 aliphatic heterocycles. The van der Waals surface area contributed by atoms with Gasteiger partial charge in [0.05, 0.1) is 71.1 Å². The maximum absolute atomic E-state index is 12.2. The highest BCUT2D eigenvalue weighted by atomic mass is 35.5. The molecule has 2 fully saturated rings. The Bertz CT molecular complexity index is 963. The van der Waals surface area contributed by atoms with Crippen molar-refractivity contribution >= 4 is 35.4 Å². The van der Waals surface area contributed by atoms with Gasteiger partial charge in [-0.2, -0.15) is 9.97 Å². The van der Waals surface area contributed by atoms with Crippen molar-refractivity contribution in [2.75, 3.05) is 89.4 Å². The molecular weight excluding hydrogens is 560 g/mol. The second kappa shape index (κ2) is 20.3. The maximum Gasteiger partial charge on any atom is 0.239 e. The van der Waals surface area contributed by atoms with Gasteiger partial charge in [0.15, 0.2) is 0 Å². The number of carbonyl (C=O) groups is 1. The molecule has 0 saturated carbocycles. The average Bonchev–Trinajstić information content (AvgIpc) is 3.41. The van der Waals surface area contributed by atoms with E-state index in [0.717, 1.165) is 6.21 Å². The molecule has 3 rings (SSSR count). The van der Waals surface area contributed by atoms with Crippen molar-refractivity contribution in [3.8, 4) is 12.3 Å². The smallest absolute Gasteiger partial charge is 0.239 e. The Hall–Kier alpha value is -2.61. The number of hydrogen-bond acceptors (Lipinski definition) is 13. The summed E-state index contributed by atoms with van der Waals surface area (Å²) < 4.78 is 32.2. The third-order valence-electron chi connectivity index (χ3n) is 5.57. The highest BCUT2D eigenvalue weighted by molar-refractivity contribution is 6.28. The quantitative estimate of drug-likeness (QED) is 0.0758. The molecular formula is C26H41ClN6O8. The van der Waals surface area contributed by atoms with Gasteiger partial charge in [-0.25, -0.2) is 0 Å². The lowest BCUT2D eigenvalue weighted by atomic mass is 10.1. The summed E-state index contributed by atoms with van der Waals surface area (Å²) in [5.41, 5.74) is 0.403. The van der Waals surface area contributed by atoms with Gasteiger partial charge in [0.25, 0.3) is 0 Å². The van der Waals surface area contributed by atoms with E-state index in [2.05, 4.69) is 26.5 Å². The van der Waals surface area contributed by atoms with E-state index in [1.54, 1.807) is 0 Å². The number of aliphatic hydroxyl groups is 1. The second-order valence-electron chi connectivity index (χ2n) is 8.49. The largest absolute Gasteiger partial charge is 0.394 e. The Labute approximate surface area is 245 Å². The van der Waals surface area contributed by atoms with Crippen molar-refractivity contribution in [2.24, 2.45) is 0 Å².